The molecule has 1 aliphatic rings. The third kappa shape index (κ3) is 5.65. The van der Waals surface area contributed by atoms with Crippen molar-refractivity contribution in [1.29, 1.82) is 0 Å². The van der Waals surface area contributed by atoms with E-state index in [9.17, 15) is 9.59 Å². The van der Waals surface area contributed by atoms with Crippen LogP contribution in [0.15, 0.2) is 24.3 Å². The zero-order valence-corrected chi connectivity index (χ0v) is 13.9. The second-order valence-electron chi connectivity index (χ2n) is 5.90. The molecule has 0 radical (unpaired) electrons. The van der Waals surface area contributed by atoms with Crippen LogP contribution in [-0.2, 0) is 20.7 Å². The van der Waals surface area contributed by atoms with Gasteiger partial charge in [0.05, 0.1) is 20.3 Å². The van der Waals surface area contributed by atoms with Gasteiger partial charge in [0, 0.05) is 18.8 Å². The smallest absolute Gasteiger partial charge is 0.279 e. The summed E-state index contributed by atoms with van der Waals surface area (Å²) in [5.74, 6) is -0.00701. The van der Waals surface area contributed by atoms with Gasteiger partial charge < -0.3 is 19.9 Å². The third-order valence-electron chi connectivity index (χ3n) is 3.93. The maximum Gasteiger partial charge on any atom is 0.279 e. The molecule has 126 valence electrons. The number of carbonyl (C=O) groups is 2. The molecule has 1 heterocycles. The second kappa shape index (κ2) is 8.64. The topological polar surface area (TPSA) is 63.1 Å². The van der Waals surface area contributed by atoms with Crippen LogP contribution >= 0.6 is 0 Å². The third-order valence-corrected chi connectivity index (χ3v) is 3.93. The lowest BCUT2D eigenvalue weighted by molar-refractivity contribution is -0.862. The van der Waals surface area contributed by atoms with Crippen molar-refractivity contribution in [2.24, 2.45) is 0 Å². The Morgan fingerprint density at radius 2 is 1.83 bits per heavy atom. The van der Waals surface area contributed by atoms with Crippen LogP contribution in [0.3, 0.4) is 0 Å². The maximum atomic E-state index is 12.1. The Bertz CT molecular complexity index is 524. The van der Waals surface area contributed by atoms with E-state index >= 15 is 0 Å². The minimum atomic E-state index is -0.0819. The molecule has 1 fully saturated rings. The Kier molecular flexibility index (Phi) is 6.55. The molecule has 1 unspecified atom stereocenters. The monoisotopic (exact) mass is 320 g/mol. The summed E-state index contributed by atoms with van der Waals surface area (Å²) >= 11 is 0. The van der Waals surface area contributed by atoms with Gasteiger partial charge in [0.25, 0.3) is 11.8 Å². The summed E-state index contributed by atoms with van der Waals surface area (Å²) in [6.07, 6.45) is 0.977. The fourth-order valence-electron chi connectivity index (χ4n) is 2.55. The number of quaternary nitrogens is 1. The van der Waals surface area contributed by atoms with Gasteiger partial charge in [-0.3, -0.25) is 9.59 Å². The van der Waals surface area contributed by atoms with Crippen LogP contribution < -0.4 is 10.2 Å². The number of ether oxygens (including phenoxy) is 1. The van der Waals surface area contributed by atoms with Crippen molar-refractivity contribution in [3.8, 4) is 0 Å². The minimum absolute atomic E-state index is 0.0749. The van der Waals surface area contributed by atoms with Crippen LogP contribution in [0.2, 0.25) is 0 Å². The summed E-state index contributed by atoms with van der Waals surface area (Å²) < 4.78 is 5.24. The van der Waals surface area contributed by atoms with Crippen LogP contribution in [0, 0.1) is 0 Å². The number of carbonyl (C=O) groups excluding carboxylic acids is 2. The molecule has 1 saturated heterocycles. The Balaban J connectivity index is 1.76. The van der Waals surface area contributed by atoms with Crippen LogP contribution in [0.25, 0.3) is 0 Å². The van der Waals surface area contributed by atoms with Gasteiger partial charge in [0.1, 0.15) is 0 Å². The van der Waals surface area contributed by atoms with E-state index in [1.54, 1.807) is 4.90 Å². The SMILES string of the molecule is CCc1ccc(NC(=O)C[NH+](C)CC(=O)N2CCOCC2)cc1. The van der Waals surface area contributed by atoms with E-state index in [-0.39, 0.29) is 18.4 Å². The molecule has 0 saturated carbocycles. The van der Waals surface area contributed by atoms with Crippen LogP contribution in [0.4, 0.5) is 5.69 Å². The molecule has 0 aromatic heterocycles. The van der Waals surface area contributed by atoms with E-state index in [2.05, 4.69) is 12.2 Å². The zero-order chi connectivity index (χ0) is 16.7. The summed E-state index contributed by atoms with van der Waals surface area (Å²) in [5.41, 5.74) is 2.03. The molecule has 6 heteroatoms. The average molecular weight is 320 g/mol. The van der Waals surface area contributed by atoms with Gasteiger partial charge in [0.2, 0.25) is 0 Å². The lowest BCUT2D eigenvalue weighted by Crippen LogP contribution is -3.11. The first-order valence-electron chi connectivity index (χ1n) is 8.14. The summed E-state index contributed by atoms with van der Waals surface area (Å²) in [6.45, 7) is 5.16. The van der Waals surface area contributed by atoms with Gasteiger partial charge in [-0.15, -0.1) is 0 Å². The van der Waals surface area contributed by atoms with Crippen molar-refractivity contribution in [2.45, 2.75) is 13.3 Å². The zero-order valence-electron chi connectivity index (χ0n) is 13.9. The van der Waals surface area contributed by atoms with E-state index < -0.39 is 0 Å². The maximum absolute atomic E-state index is 12.1. The van der Waals surface area contributed by atoms with E-state index in [0.717, 1.165) is 17.0 Å². The lowest BCUT2D eigenvalue weighted by atomic mass is 10.1. The van der Waals surface area contributed by atoms with Gasteiger partial charge in [-0.2, -0.15) is 0 Å². The number of nitrogens with one attached hydrogen (secondary N) is 2. The van der Waals surface area contributed by atoms with Gasteiger partial charge in [0.15, 0.2) is 13.1 Å². The summed E-state index contributed by atoms with van der Waals surface area (Å²) in [7, 11) is 1.86. The number of likely N-dealkylation sites (N-methyl/N-ethyl adjacent to an activating group) is 1. The Morgan fingerprint density at radius 1 is 1.17 bits per heavy atom. The molecule has 2 N–H and O–H groups in total. The first kappa shape index (κ1) is 17.4. The van der Waals surface area contributed by atoms with Gasteiger partial charge in [-0.25, -0.2) is 0 Å². The number of hydrogen-bond acceptors (Lipinski definition) is 3. The molecule has 1 atom stereocenters. The summed E-state index contributed by atoms with van der Waals surface area (Å²) in [5, 5.41) is 2.87. The van der Waals surface area contributed by atoms with E-state index in [1.165, 1.54) is 5.56 Å². The first-order chi connectivity index (χ1) is 11.1. The number of benzene rings is 1. The molecule has 0 spiro atoms. The molecule has 0 aliphatic carbocycles. The van der Waals surface area contributed by atoms with E-state index in [1.807, 2.05) is 31.3 Å². The number of aryl methyl sites for hydroxylation is 1. The van der Waals surface area contributed by atoms with Crippen molar-refractivity contribution in [3.05, 3.63) is 29.8 Å². The second-order valence-corrected chi connectivity index (χ2v) is 5.90. The summed E-state index contributed by atoms with van der Waals surface area (Å²) in [4.78, 5) is 26.9. The molecule has 6 nitrogen and oxygen atoms in total. The average Bonchev–Trinajstić information content (AvgIpc) is 2.56. The van der Waals surface area contributed by atoms with Gasteiger partial charge >= 0.3 is 0 Å². The predicted octanol–water partition coefficient (Wildman–Crippen LogP) is -0.439. The van der Waals surface area contributed by atoms with E-state index in [4.69, 9.17) is 4.74 Å². The Morgan fingerprint density at radius 3 is 2.43 bits per heavy atom. The molecule has 2 amide bonds. The Hall–Kier alpha value is -1.92. The van der Waals surface area contributed by atoms with Crippen molar-refractivity contribution >= 4 is 17.5 Å². The largest absolute Gasteiger partial charge is 0.378 e. The van der Waals surface area contributed by atoms with Crippen molar-refractivity contribution in [1.82, 2.24) is 4.90 Å². The van der Waals surface area contributed by atoms with Crippen molar-refractivity contribution in [2.75, 3.05) is 51.8 Å². The normalized spacial score (nSPS) is 16.0. The number of morpholine rings is 1. The molecule has 1 aromatic rings. The van der Waals surface area contributed by atoms with Gasteiger partial charge in [-0.1, -0.05) is 19.1 Å². The standard InChI is InChI=1S/C17H25N3O3/c1-3-14-4-6-15(7-5-14)18-16(21)12-19(2)13-17(22)20-8-10-23-11-9-20/h4-7H,3,8-13H2,1-2H3,(H,18,21)/p+1. The highest BCUT2D eigenvalue weighted by Gasteiger charge is 2.21. The van der Waals surface area contributed by atoms with Crippen molar-refractivity contribution in [3.63, 3.8) is 0 Å². The number of rotatable bonds is 6. The summed E-state index contributed by atoms with van der Waals surface area (Å²) in [6, 6.07) is 7.83. The molecular formula is C17H26N3O3+. The number of amides is 2. The quantitative estimate of drug-likeness (QED) is 0.747. The first-order valence-corrected chi connectivity index (χ1v) is 8.14. The highest BCUT2D eigenvalue weighted by atomic mass is 16.5. The lowest BCUT2D eigenvalue weighted by Gasteiger charge is -2.27. The molecular weight excluding hydrogens is 294 g/mol. The van der Waals surface area contributed by atoms with Crippen LogP contribution in [-0.4, -0.2) is 63.2 Å². The van der Waals surface area contributed by atoms with Gasteiger partial charge in [-0.05, 0) is 24.1 Å². The van der Waals surface area contributed by atoms with Crippen molar-refractivity contribution < 1.29 is 19.2 Å². The predicted molar refractivity (Wildman–Crippen MR) is 88.5 cm³/mol. The minimum Gasteiger partial charge on any atom is -0.378 e. The molecule has 1 aliphatic heterocycles. The molecule has 1 aromatic carbocycles. The van der Waals surface area contributed by atoms with E-state index in [0.29, 0.717) is 32.8 Å². The Labute approximate surface area is 137 Å². The van der Waals surface area contributed by atoms with Crippen LogP contribution in [0.1, 0.15) is 12.5 Å². The fraction of sp³-hybridized carbons (Fsp3) is 0.529. The number of anilines is 1. The molecule has 0 bridgehead atoms. The highest BCUT2D eigenvalue weighted by molar-refractivity contribution is 5.91. The highest BCUT2D eigenvalue weighted by Crippen LogP contribution is 2.09. The number of hydrogen-bond donors (Lipinski definition) is 2. The number of nitrogens with zero attached hydrogens (tertiary/aromatic N) is 1. The molecule has 2 rings (SSSR count). The van der Waals surface area contributed by atoms with Crippen LogP contribution in [0.5, 0.6) is 0 Å². The fourth-order valence-corrected chi connectivity index (χ4v) is 2.55. The molecule has 23 heavy (non-hydrogen) atoms.